The normalized spacial score (nSPS) is 11.2. The third-order valence-corrected chi connectivity index (χ3v) is 3.89. The first kappa shape index (κ1) is 16.0. The van der Waals surface area contributed by atoms with E-state index < -0.39 is 0 Å². The van der Waals surface area contributed by atoms with Gasteiger partial charge in [-0.3, -0.25) is 4.79 Å². The number of carbonyl (C=O) groups excluding carboxylic acids is 1. The van der Waals surface area contributed by atoms with Gasteiger partial charge >= 0.3 is 0 Å². The van der Waals surface area contributed by atoms with E-state index in [4.69, 9.17) is 4.42 Å². The Hall–Kier alpha value is -2.88. The van der Waals surface area contributed by atoms with Crippen molar-refractivity contribution in [2.75, 3.05) is 13.1 Å². The molecule has 4 heteroatoms. The van der Waals surface area contributed by atoms with E-state index in [1.807, 2.05) is 54.3 Å². The van der Waals surface area contributed by atoms with Crippen molar-refractivity contribution in [3.8, 4) is 0 Å². The molecule has 1 aromatic heterocycles. The van der Waals surface area contributed by atoms with Crippen LogP contribution in [0.25, 0.3) is 17.2 Å². The van der Waals surface area contributed by atoms with Crippen molar-refractivity contribution in [1.82, 2.24) is 9.88 Å². The van der Waals surface area contributed by atoms with E-state index in [1.54, 1.807) is 6.08 Å². The van der Waals surface area contributed by atoms with Crippen molar-refractivity contribution in [3.63, 3.8) is 0 Å². The topological polar surface area (TPSA) is 46.3 Å². The Kier molecular flexibility index (Phi) is 5.06. The molecule has 0 saturated carbocycles. The van der Waals surface area contributed by atoms with Crippen LogP contribution >= 0.6 is 0 Å². The van der Waals surface area contributed by atoms with Gasteiger partial charge in [-0.2, -0.15) is 0 Å². The monoisotopic (exact) mass is 320 g/mol. The van der Waals surface area contributed by atoms with Gasteiger partial charge in [-0.25, -0.2) is 4.98 Å². The number of fused-ring (bicyclic) bond motifs is 1. The fourth-order valence-electron chi connectivity index (χ4n) is 2.54. The Labute approximate surface area is 141 Å². The third kappa shape index (κ3) is 3.90. The second kappa shape index (κ2) is 7.59. The number of para-hydroxylation sites is 2. The van der Waals surface area contributed by atoms with Crippen molar-refractivity contribution in [3.05, 3.63) is 72.1 Å². The van der Waals surface area contributed by atoms with Gasteiger partial charge in [-0.05, 0) is 31.0 Å². The molecule has 0 unspecified atom stereocenters. The quantitative estimate of drug-likeness (QED) is 0.646. The summed E-state index contributed by atoms with van der Waals surface area (Å²) in [6.07, 6.45) is 4.00. The van der Waals surface area contributed by atoms with Crippen LogP contribution in [0.5, 0.6) is 0 Å². The summed E-state index contributed by atoms with van der Waals surface area (Å²) in [6.45, 7) is 3.34. The summed E-state index contributed by atoms with van der Waals surface area (Å²) >= 11 is 0. The molecular weight excluding hydrogens is 300 g/mol. The Morgan fingerprint density at radius 1 is 1.12 bits per heavy atom. The maximum absolute atomic E-state index is 12.4. The molecule has 24 heavy (non-hydrogen) atoms. The van der Waals surface area contributed by atoms with Crippen molar-refractivity contribution >= 4 is 23.1 Å². The Bertz CT molecular complexity index is 804. The van der Waals surface area contributed by atoms with Crippen LogP contribution in [0.1, 0.15) is 18.4 Å². The first-order valence-electron chi connectivity index (χ1n) is 8.13. The molecule has 0 aliphatic carbocycles. The highest BCUT2D eigenvalue weighted by Crippen LogP contribution is 2.15. The number of carbonyl (C=O) groups is 1. The van der Waals surface area contributed by atoms with Gasteiger partial charge in [0.25, 0.3) is 0 Å². The molecule has 0 aliphatic heterocycles. The first-order chi connectivity index (χ1) is 11.8. The molecule has 3 aromatic rings. The van der Waals surface area contributed by atoms with Gasteiger partial charge in [0.2, 0.25) is 11.8 Å². The van der Waals surface area contributed by atoms with Gasteiger partial charge < -0.3 is 9.32 Å². The average Bonchev–Trinajstić information content (AvgIpc) is 3.04. The van der Waals surface area contributed by atoms with Crippen molar-refractivity contribution < 1.29 is 9.21 Å². The predicted octanol–water partition coefficient (Wildman–Crippen LogP) is 3.93. The zero-order chi connectivity index (χ0) is 16.8. The largest absolute Gasteiger partial charge is 0.437 e. The maximum atomic E-state index is 12.4. The molecule has 0 spiro atoms. The molecule has 0 radical (unpaired) electrons. The molecule has 0 saturated heterocycles. The highest BCUT2D eigenvalue weighted by Gasteiger charge is 2.09. The second-order valence-electron chi connectivity index (χ2n) is 5.51. The van der Waals surface area contributed by atoms with E-state index in [0.29, 0.717) is 19.0 Å². The lowest BCUT2D eigenvalue weighted by molar-refractivity contribution is -0.125. The molecule has 0 bridgehead atoms. The van der Waals surface area contributed by atoms with Crippen molar-refractivity contribution in [1.29, 1.82) is 0 Å². The number of hydrogen-bond donors (Lipinski definition) is 0. The summed E-state index contributed by atoms with van der Waals surface area (Å²) in [5.74, 6) is 0.416. The number of amides is 1. The average molecular weight is 320 g/mol. The van der Waals surface area contributed by atoms with Crippen molar-refractivity contribution in [2.45, 2.75) is 13.3 Å². The molecule has 4 nitrogen and oxygen atoms in total. The Morgan fingerprint density at radius 3 is 2.62 bits per heavy atom. The van der Waals surface area contributed by atoms with Crippen LogP contribution in [-0.4, -0.2) is 28.9 Å². The van der Waals surface area contributed by atoms with E-state index in [2.05, 4.69) is 17.1 Å². The summed E-state index contributed by atoms with van der Waals surface area (Å²) in [7, 11) is 0. The standard InChI is InChI=1S/C20H20N2O2/c1-2-22(15-14-16-8-4-3-5-9-16)20(23)13-12-19-21-17-10-6-7-11-18(17)24-19/h3-13H,2,14-15H2,1H3/b13-12+. The van der Waals surface area contributed by atoms with Crippen LogP contribution in [-0.2, 0) is 11.2 Å². The molecule has 0 atom stereocenters. The lowest BCUT2D eigenvalue weighted by atomic mass is 10.1. The van der Waals surface area contributed by atoms with Crippen LogP contribution in [0, 0.1) is 0 Å². The van der Waals surface area contributed by atoms with Gasteiger partial charge in [0.05, 0.1) is 0 Å². The number of rotatable bonds is 6. The number of nitrogens with zero attached hydrogens (tertiary/aromatic N) is 2. The van der Waals surface area contributed by atoms with Crippen LogP contribution in [0.2, 0.25) is 0 Å². The predicted molar refractivity (Wildman–Crippen MR) is 95.4 cm³/mol. The second-order valence-corrected chi connectivity index (χ2v) is 5.51. The molecule has 2 aromatic carbocycles. The number of benzene rings is 2. The molecule has 0 fully saturated rings. The summed E-state index contributed by atoms with van der Waals surface area (Å²) < 4.78 is 5.59. The molecular formula is C20H20N2O2. The SMILES string of the molecule is CCN(CCc1ccccc1)C(=O)/C=C/c1nc2ccccc2o1. The lowest BCUT2D eigenvalue weighted by Gasteiger charge is -2.19. The van der Waals surface area contributed by atoms with Gasteiger partial charge in [0.15, 0.2) is 5.58 Å². The summed E-state index contributed by atoms with van der Waals surface area (Å²) in [5, 5.41) is 0. The highest BCUT2D eigenvalue weighted by atomic mass is 16.3. The van der Waals surface area contributed by atoms with Crippen LogP contribution in [0.3, 0.4) is 0 Å². The highest BCUT2D eigenvalue weighted by molar-refractivity contribution is 5.91. The molecule has 0 aliphatic rings. The molecule has 1 amide bonds. The molecule has 3 rings (SSSR count). The van der Waals surface area contributed by atoms with Gasteiger partial charge in [0, 0.05) is 25.2 Å². The number of aromatic nitrogens is 1. The Balaban J connectivity index is 1.63. The van der Waals surface area contributed by atoms with E-state index in [9.17, 15) is 4.79 Å². The van der Waals surface area contributed by atoms with E-state index in [0.717, 1.165) is 17.5 Å². The van der Waals surface area contributed by atoms with Crippen LogP contribution < -0.4 is 0 Å². The summed E-state index contributed by atoms with van der Waals surface area (Å²) in [4.78, 5) is 18.5. The van der Waals surface area contributed by atoms with E-state index in [-0.39, 0.29) is 5.91 Å². The summed E-state index contributed by atoms with van der Waals surface area (Å²) in [5.41, 5.74) is 2.74. The zero-order valence-electron chi connectivity index (χ0n) is 13.7. The fourth-order valence-corrected chi connectivity index (χ4v) is 2.54. The molecule has 1 heterocycles. The minimum atomic E-state index is -0.0318. The third-order valence-electron chi connectivity index (χ3n) is 3.89. The van der Waals surface area contributed by atoms with Gasteiger partial charge in [0.1, 0.15) is 5.52 Å². The minimum absolute atomic E-state index is 0.0318. The van der Waals surface area contributed by atoms with E-state index in [1.165, 1.54) is 11.6 Å². The minimum Gasteiger partial charge on any atom is -0.437 e. The van der Waals surface area contributed by atoms with E-state index >= 15 is 0 Å². The summed E-state index contributed by atoms with van der Waals surface area (Å²) in [6, 6.07) is 17.7. The molecule has 0 N–H and O–H groups in total. The van der Waals surface area contributed by atoms with Crippen molar-refractivity contribution in [2.24, 2.45) is 0 Å². The van der Waals surface area contributed by atoms with Gasteiger partial charge in [-0.15, -0.1) is 0 Å². The lowest BCUT2D eigenvalue weighted by Crippen LogP contribution is -2.31. The zero-order valence-corrected chi connectivity index (χ0v) is 13.7. The first-order valence-corrected chi connectivity index (χ1v) is 8.13. The Morgan fingerprint density at radius 2 is 1.88 bits per heavy atom. The smallest absolute Gasteiger partial charge is 0.246 e. The fraction of sp³-hybridized carbons (Fsp3) is 0.200. The molecule has 122 valence electrons. The van der Waals surface area contributed by atoms with Gasteiger partial charge in [-0.1, -0.05) is 42.5 Å². The number of likely N-dealkylation sites (N-methyl/N-ethyl adjacent to an activating group) is 1. The number of hydrogen-bond acceptors (Lipinski definition) is 3. The van der Waals surface area contributed by atoms with Crippen LogP contribution in [0.15, 0.2) is 65.1 Å². The maximum Gasteiger partial charge on any atom is 0.246 e. The number of oxazole rings is 1. The van der Waals surface area contributed by atoms with Crippen LogP contribution in [0.4, 0.5) is 0 Å².